The smallest absolute Gasteiger partial charge is 0.0541 e. The Morgan fingerprint density at radius 3 is 0.432 bits per heavy atom. The van der Waals surface area contributed by atoms with Crippen LogP contribution in [0.1, 0.15) is 0 Å². The minimum absolute atomic E-state index is 1.10. The molecule has 26 rings (SSSR count). The van der Waals surface area contributed by atoms with E-state index in [1.165, 1.54) is 111 Å². The molecule has 2 heteroatoms. The quantitative estimate of drug-likeness (QED) is 0.0679. The highest BCUT2D eigenvalue weighted by molar-refractivity contribution is 6.13. The van der Waals surface area contributed by atoms with Crippen molar-refractivity contribution in [3.05, 3.63) is 582 Å². The third-order valence-corrected chi connectivity index (χ3v) is 29.2. The van der Waals surface area contributed by atoms with Crippen LogP contribution in [0.5, 0.6) is 0 Å². The van der Waals surface area contributed by atoms with Gasteiger partial charge in [-0.25, -0.2) is 0 Å². The average molecular weight is 1850 g/mol. The number of rotatable bonds is 21. The van der Waals surface area contributed by atoms with Gasteiger partial charge in [-0.2, -0.15) is 0 Å². The van der Waals surface area contributed by atoms with Crippen molar-refractivity contribution in [1.29, 1.82) is 0 Å². The second-order valence-corrected chi connectivity index (χ2v) is 38.3. The van der Waals surface area contributed by atoms with Crippen molar-refractivity contribution in [2.75, 3.05) is 0 Å². The van der Waals surface area contributed by atoms with E-state index in [2.05, 4.69) is 592 Å². The first-order valence-electron chi connectivity index (χ1n) is 50.3. The van der Waals surface area contributed by atoms with Gasteiger partial charge in [-0.1, -0.05) is 425 Å². The summed E-state index contributed by atoms with van der Waals surface area (Å²) in [7, 11) is 0. The molecule has 0 amide bonds. The Hall–Kier alpha value is -19.1. The molecule has 0 radical (unpaired) electrons. The topological polar surface area (TPSA) is 9.86 Å². The van der Waals surface area contributed by atoms with Gasteiger partial charge in [-0.15, -0.1) is 0 Å². The van der Waals surface area contributed by atoms with E-state index in [9.17, 15) is 0 Å². The van der Waals surface area contributed by atoms with Gasteiger partial charge in [0.25, 0.3) is 0 Å². The molecule has 24 aromatic carbocycles. The van der Waals surface area contributed by atoms with E-state index in [0.717, 1.165) is 156 Å². The molecule has 0 bridgehead atoms. The summed E-state index contributed by atoms with van der Waals surface area (Å²) in [4.78, 5) is 0. The monoisotopic (exact) mass is 1850 g/mol. The highest BCUT2D eigenvalue weighted by Crippen LogP contribution is 2.46. The first kappa shape index (κ1) is 87.2. The van der Waals surface area contributed by atoms with E-state index >= 15 is 0 Å². The summed E-state index contributed by atoms with van der Waals surface area (Å²) < 4.78 is 4.89. The van der Waals surface area contributed by atoms with Crippen LogP contribution in [0.3, 0.4) is 0 Å². The Bertz CT molecular complexity index is 8900. The number of hydrogen-bond donors (Lipinski definition) is 0. The third-order valence-electron chi connectivity index (χ3n) is 29.2. The second kappa shape index (κ2) is 38.1. The van der Waals surface area contributed by atoms with Gasteiger partial charge < -0.3 is 9.13 Å². The molecule has 26 aromatic rings. The molecule has 0 aliphatic rings. The lowest BCUT2D eigenvalue weighted by Crippen LogP contribution is -1.95. The van der Waals surface area contributed by atoms with Crippen LogP contribution < -0.4 is 0 Å². The fourth-order valence-corrected chi connectivity index (χ4v) is 21.8. The molecule has 0 atom stereocenters. The lowest BCUT2D eigenvalue weighted by Gasteiger charge is -2.14. The van der Waals surface area contributed by atoms with Crippen molar-refractivity contribution in [2.24, 2.45) is 0 Å². The fraction of sp³-hybridized carbons (Fsp3) is 0. The Kier molecular flexibility index (Phi) is 22.8. The molecule has 0 unspecified atom stereocenters. The zero-order chi connectivity index (χ0) is 96.7. The first-order chi connectivity index (χ1) is 72.3. The van der Waals surface area contributed by atoms with E-state index in [1.807, 2.05) is 0 Å². The van der Waals surface area contributed by atoms with Crippen molar-refractivity contribution in [3.63, 3.8) is 0 Å². The van der Waals surface area contributed by atoms with Gasteiger partial charge in [0.2, 0.25) is 0 Å². The maximum atomic E-state index is 2.45. The lowest BCUT2D eigenvalue weighted by molar-refractivity contribution is 1.18. The van der Waals surface area contributed by atoms with Crippen molar-refractivity contribution in [1.82, 2.24) is 9.13 Å². The first-order valence-corrected chi connectivity index (χ1v) is 50.3. The summed E-state index contributed by atoms with van der Waals surface area (Å²) in [5, 5.41) is 4.82. The number of fused-ring (bicyclic) bond motifs is 6. The standard InChI is InChI=1S/C144H96N2/c1-5-29-97(30-6-1)105-37-17-41-109(77-105)101-65-69-103(70-66-101)111-43-21-53-121(81-111)131-87-129(119-51-19-39-107(79-119)99-33-9-3-10-34-99)89-133(91-131)123-55-25-47-115(85-123)113-45-23-49-117(83-113)125-57-27-59-135(93-125)145-141-63-15-13-61-137(141)139-95-127(73-75-143(139)145)128-74-76-144-140(96-128)138-62-14-16-64-142(138)146(144)136-60-28-58-126(94-136)118-50-24-46-114(84-118)116-48-26-56-124(86-116)134-90-130(120-52-20-40-108(80-120)100-35-11-4-12-36-100)88-132(92-134)122-54-22-44-112(82-122)104-71-67-102(68-72-104)110-42-18-38-106(78-110)98-31-7-2-8-32-98/h1-96H. The van der Waals surface area contributed by atoms with Gasteiger partial charge in [0.05, 0.1) is 22.1 Å². The lowest BCUT2D eigenvalue weighted by atomic mass is 9.90. The van der Waals surface area contributed by atoms with E-state index in [4.69, 9.17) is 0 Å². The highest BCUT2D eigenvalue weighted by atomic mass is 15.0. The van der Waals surface area contributed by atoms with E-state index in [0.29, 0.717) is 0 Å². The zero-order valence-corrected chi connectivity index (χ0v) is 80.3. The van der Waals surface area contributed by atoms with Crippen LogP contribution >= 0.6 is 0 Å². The normalized spacial score (nSPS) is 11.4. The Morgan fingerprint density at radius 2 is 0.212 bits per heavy atom. The molecular formula is C144H96N2. The number of benzene rings is 24. The fourth-order valence-electron chi connectivity index (χ4n) is 21.8. The van der Waals surface area contributed by atoms with Crippen LogP contribution in [-0.4, -0.2) is 9.13 Å². The summed E-state index contributed by atoms with van der Waals surface area (Å²) >= 11 is 0. The van der Waals surface area contributed by atoms with Crippen molar-refractivity contribution in [2.45, 2.75) is 0 Å². The predicted octanol–water partition coefficient (Wildman–Crippen LogP) is 39.6. The number of aromatic nitrogens is 2. The van der Waals surface area contributed by atoms with Crippen molar-refractivity contribution < 1.29 is 0 Å². The summed E-state index contributed by atoms with van der Waals surface area (Å²) in [6.07, 6.45) is 0. The molecule has 2 nitrogen and oxygen atoms in total. The number of nitrogens with zero attached hydrogens (tertiary/aromatic N) is 2. The highest BCUT2D eigenvalue weighted by Gasteiger charge is 2.22. The molecule has 0 spiro atoms. The van der Waals surface area contributed by atoms with Crippen LogP contribution in [-0.2, 0) is 0 Å². The Labute approximate surface area is 851 Å². The van der Waals surface area contributed by atoms with Crippen LogP contribution in [0.4, 0.5) is 0 Å². The van der Waals surface area contributed by atoms with E-state index < -0.39 is 0 Å². The largest absolute Gasteiger partial charge is 0.309 e. The summed E-state index contributed by atoms with van der Waals surface area (Å²) in [6.45, 7) is 0. The molecule has 0 aliphatic heterocycles. The van der Waals surface area contributed by atoms with Gasteiger partial charge >= 0.3 is 0 Å². The Balaban J connectivity index is 0.480. The van der Waals surface area contributed by atoms with Gasteiger partial charge in [-0.05, 0) is 369 Å². The molecule has 2 heterocycles. The van der Waals surface area contributed by atoms with E-state index in [-0.39, 0.29) is 0 Å². The van der Waals surface area contributed by atoms with Gasteiger partial charge in [-0.3, -0.25) is 0 Å². The second-order valence-electron chi connectivity index (χ2n) is 38.3. The summed E-state index contributed by atoms with van der Waals surface area (Å²) in [6, 6.07) is 215. The maximum absolute atomic E-state index is 2.45. The molecule has 0 fully saturated rings. The van der Waals surface area contributed by atoms with Crippen LogP contribution in [0.25, 0.3) is 266 Å². The van der Waals surface area contributed by atoms with Gasteiger partial charge in [0, 0.05) is 32.9 Å². The Morgan fingerprint density at radius 1 is 0.0753 bits per heavy atom. The number of para-hydroxylation sites is 2. The van der Waals surface area contributed by atoms with Crippen molar-refractivity contribution in [3.8, 4) is 223 Å². The van der Waals surface area contributed by atoms with Crippen LogP contribution in [0.2, 0.25) is 0 Å². The molecule has 682 valence electrons. The summed E-state index contributed by atoms with van der Waals surface area (Å²) in [5.74, 6) is 0. The molecule has 0 N–H and O–H groups in total. The predicted molar refractivity (Wildman–Crippen MR) is 618 cm³/mol. The molecule has 2 aromatic heterocycles. The minimum atomic E-state index is 1.10. The maximum Gasteiger partial charge on any atom is 0.0541 e. The molecule has 0 saturated heterocycles. The van der Waals surface area contributed by atoms with Gasteiger partial charge in [0.1, 0.15) is 0 Å². The van der Waals surface area contributed by atoms with E-state index in [1.54, 1.807) is 0 Å². The van der Waals surface area contributed by atoms with Crippen molar-refractivity contribution >= 4 is 43.6 Å². The number of hydrogen-bond acceptors (Lipinski definition) is 0. The molecule has 0 aliphatic carbocycles. The SMILES string of the molecule is c1ccc(-c2cccc(-c3ccc(-c4cccc(-c5cc(-c6cccc(-c7ccccc7)c6)cc(-c6cccc(-c7cccc(-c8cccc(-n9c%10ccccc%10c%10cc(-c%11ccc%12c(c%11)c%11ccccc%11n%12-c%11cccc(-c%12cccc(-c%13cccc(-c%14cc(-c%15cccc(-c%16ccccc%16)c%15)cc(-c%15cccc(-c%16ccc(-c%17cccc(-c%18ccccc%18)c%17)cc%16)c%15)c%14)c%13)c%12)c%11)ccc%109)c8)c7)c6)c5)c4)cc3)c2)cc1. The minimum Gasteiger partial charge on any atom is -0.309 e. The molecular weight excluding hydrogens is 1760 g/mol. The average Bonchev–Trinajstić information content (AvgIpc) is 1.72. The summed E-state index contributed by atoms with van der Waals surface area (Å²) in [5.41, 5.74) is 51.3. The zero-order valence-electron chi connectivity index (χ0n) is 80.3. The van der Waals surface area contributed by atoms with Gasteiger partial charge in [0.15, 0.2) is 0 Å². The third kappa shape index (κ3) is 17.3. The molecule has 146 heavy (non-hydrogen) atoms. The van der Waals surface area contributed by atoms with Crippen LogP contribution in [0.15, 0.2) is 582 Å². The van der Waals surface area contributed by atoms with Crippen LogP contribution in [0, 0.1) is 0 Å². The molecule has 0 saturated carbocycles.